The summed E-state index contributed by atoms with van der Waals surface area (Å²) in [6.07, 6.45) is 1.39. The molecule has 0 spiro atoms. The highest BCUT2D eigenvalue weighted by Crippen LogP contribution is 2.11. The molecular formula is C21H17FN2O4. The fourth-order valence-electron chi connectivity index (χ4n) is 2.46. The number of halogens is 1. The van der Waals surface area contributed by atoms with E-state index in [0.29, 0.717) is 16.8 Å². The summed E-state index contributed by atoms with van der Waals surface area (Å²) >= 11 is 0. The first-order valence-corrected chi connectivity index (χ1v) is 8.46. The number of benzene rings is 2. The SMILES string of the molecule is CC(=O)c1ccc(NC(=O)c2cccn(OCc3ccc(F)cc3)c2=O)cc1. The van der Waals surface area contributed by atoms with Gasteiger partial charge >= 0.3 is 0 Å². The van der Waals surface area contributed by atoms with E-state index in [9.17, 15) is 18.8 Å². The standard InChI is InChI=1S/C21H17FN2O4/c1-14(25)16-6-10-18(11-7-16)23-20(26)19-3-2-12-24(21(19)27)28-13-15-4-8-17(22)9-5-15/h2-12H,13H2,1H3,(H,23,26). The largest absolute Gasteiger partial charge is 0.406 e. The van der Waals surface area contributed by atoms with E-state index >= 15 is 0 Å². The van der Waals surface area contributed by atoms with Crippen molar-refractivity contribution in [2.45, 2.75) is 13.5 Å². The van der Waals surface area contributed by atoms with Crippen LogP contribution in [0.3, 0.4) is 0 Å². The van der Waals surface area contributed by atoms with E-state index in [1.165, 1.54) is 37.4 Å². The predicted octanol–water partition coefficient (Wildman–Crippen LogP) is 3.07. The van der Waals surface area contributed by atoms with E-state index in [1.54, 1.807) is 36.4 Å². The minimum absolute atomic E-state index is 0.0395. The molecule has 3 aromatic rings. The zero-order valence-electron chi connectivity index (χ0n) is 15.0. The number of ketones is 1. The van der Waals surface area contributed by atoms with Gasteiger partial charge in [-0.3, -0.25) is 14.4 Å². The molecule has 2 aromatic carbocycles. The van der Waals surface area contributed by atoms with E-state index in [0.717, 1.165) is 4.73 Å². The molecule has 0 bridgehead atoms. The Morgan fingerprint density at radius 3 is 2.36 bits per heavy atom. The van der Waals surface area contributed by atoms with E-state index in [1.807, 2.05) is 0 Å². The van der Waals surface area contributed by atoms with Crippen molar-refractivity contribution in [3.8, 4) is 0 Å². The van der Waals surface area contributed by atoms with E-state index in [4.69, 9.17) is 4.84 Å². The zero-order valence-corrected chi connectivity index (χ0v) is 15.0. The van der Waals surface area contributed by atoms with Gasteiger partial charge in [0.05, 0.1) is 0 Å². The number of aromatic nitrogens is 1. The predicted molar refractivity (Wildman–Crippen MR) is 102 cm³/mol. The van der Waals surface area contributed by atoms with Gasteiger partial charge in [-0.2, -0.15) is 4.73 Å². The van der Waals surface area contributed by atoms with Crippen LogP contribution >= 0.6 is 0 Å². The minimum atomic E-state index is -0.623. The average molecular weight is 380 g/mol. The van der Waals surface area contributed by atoms with Crippen LogP contribution in [0.5, 0.6) is 0 Å². The van der Waals surface area contributed by atoms with Gasteiger partial charge in [0, 0.05) is 17.4 Å². The number of carbonyl (C=O) groups is 2. The number of hydrogen-bond acceptors (Lipinski definition) is 4. The number of carbonyl (C=O) groups excluding carboxylic acids is 2. The molecule has 28 heavy (non-hydrogen) atoms. The number of anilines is 1. The lowest BCUT2D eigenvalue weighted by Gasteiger charge is -2.10. The zero-order chi connectivity index (χ0) is 20.1. The average Bonchev–Trinajstić information content (AvgIpc) is 2.69. The summed E-state index contributed by atoms with van der Waals surface area (Å²) in [4.78, 5) is 41.6. The Kier molecular flexibility index (Phi) is 5.64. The van der Waals surface area contributed by atoms with Crippen LogP contribution in [0.25, 0.3) is 0 Å². The molecule has 6 nitrogen and oxygen atoms in total. The van der Waals surface area contributed by atoms with Gasteiger partial charge < -0.3 is 10.2 Å². The lowest BCUT2D eigenvalue weighted by atomic mass is 10.1. The maximum Gasteiger partial charge on any atom is 0.295 e. The van der Waals surface area contributed by atoms with Crippen LogP contribution in [0, 0.1) is 5.82 Å². The van der Waals surface area contributed by atoms with Gasteiger partial charge in [-0.15, -0.1) is 0 Å². The summed E-state index contributed by atoms with van der Waals surface area (Å²) in [6.45, 7) is 1.49. The number of Topliss-reactive ketones (excluding diaryl/α,β-unsaturated/α-hetero) is 1. The maximum atomic E-state index is 12.9. The molecule has 7 heteroatoms. The smallest absolute Gasteiger partial charge is 0.295 e. The molecule has 0 aliphatic rings. The summed E-state index contributed by atoms with van der Waals surface area (Å²) in [5.41, 5.74) is 0.930. The van der Waals surface area contributed by atoms with Crippen molar-refractivity contribution in [2.75, 3.05) is 5.32 Å². The van der Waals surface area contributed by atoms with Gasteiger partial charge in [0.2, 0.25) is 0 Å². The molecule has 1 aromatic heterocycles. The number of nitrogens with zero attached hydrogens (tertiary/aromatic N) is 1. The summed E-state index contributed by atoms with van der Waals surface area (Å²) in [7, 11) is 0. The Morgan fingerprint density at radius 1 is 1.04 bits per heavy atom. The van der Waals surface area contributed by atoms with Crippen molar-refractivity contribution in [1.29, 1.82) is 0 Å². The third-order valence-electron chi connectivity index (χ3n) is 3.99. The molecule has 1 N–H and O–H groups in total. The Morgan fingerprint density at radius 2 is 1.71 bits per heavy atom. The number of nitrogens with one attached hydrogen (secondary N) is 1. The van der Waals surface area contributed by atoms with Gasteiger partial charge in [-0.25, -0.2) is 4.39 Å². The van der Waals surface area contributed by atoms with Gasteiger partial charge in [0.15, 0.2) is 5.78 Å². The van der Waals surface area contributed by atoms with Crippen LogP contribution in [-0.4, -0.2) is 16.4 Å². The highest BCUT2D eigenvalue weighted by molar-refractivity contribution is 6.04. The Labute approximate surface area is 160 Å². The van der Waals surface area contributed by atoms with Crippen molar-refractivity contribution >= 4 is 17.4 Å². The highest BCUT2D eigenvalue weighted by Gasteiger charge is 2.13. The quantitative estimate of drug-likeness (QED) is 0.667. The van der Waals surface area contributed by atoms with Crippen molar-refractivity contribution in [2.24, 2.45) is 0 Å². The summed E-state index contributed by atoms with van der Waals surface area (Å²) in [6, 6.07) is 14.9. The highest BCUT2D eigenvalue weighted by atomic mass is 19.1. The molecule has 0 radical (unpaired) electrons. The Hall–Kier alpha value is -3.74. The minimum Gasteiger partial charge on any atom is -0.406 e. The van der Waals surface area contributed by atoms with Crippen LogP contribution in [0.2, 0.25) is 0 Å². The number of rotatable bonds is 6. The molecule has 0 saturated carbocycles. The molecular weight excluding hydrogens is 363 g/mol. The van der Waals surface area contributed by atoms with Crippen molar-refractivity contribution in [1.82, 2.24) is 4.73 Å². The molecule has 0 unspecified atom stereocenters. The monoisotopic (exact) mass is 380 g/mol. The lowest BCUT2D eigenvalue weighted by Crippen LogP contribution is -2.32. The third-order valence-corrected chi connectivity index (χ3v) is 3.99. The van der Waals surface area contributed by atoms with Gasteiger partial charge in [-0.05, 0) is 61.0 Å². The van der Waals surface area contributed by atoms with E-state index < -0.39 is 11.5 Å². The van der Waals surface area contributed by atoms with Crippen molar-refractivity contribution < 1.29 is 18.8 Å². The fraction of sp³-hybridized carbons (Fsp3) is 0.0952. The number of pyridine rings is 1. The Balaban J connectivity index is 1.72. The molecule has 1 amide bonds. The molecule has 0 atom stereocenters. The van der Waals surface area contributed by atoms with Crippen LogP contribution in [0.4, 0.5) is 10.1 Å². The fourth-order valence-corrected chi connectivity index (χ4v) is 2.46. The summed E-state index contributed by atoms with van der Waals surface area (Å²) < 4.78 is 13.9. The first kappa shape index (κ1) is 19.0. The first-order valence-electron chi connectivity index (χ1n) is 8.46. The molecule has 142 valence electrons. The van der Waals surface area contributed by atoms with Crippen LogP contribution in [0.1, 0.15) is 33.2 Å². The van der Waals surface area contributed by atoms with Crippen LogP contribution in [0.15, 0.2) is 71.7 Å². The lowest BCUT2D eigenvalue weighted by molar-refractivity contribution is 0.0863. The Bertz CT molecular complexity index is 1060. The third kappa shape index (κ3) is 4.50. The molecule has 3 rings (SSSR count). The van der Waals surface area contributed by atoms with Crippen molar-refractivity contribution in [3.05, 3.63) is 99.7 Å². The molecule has 0 aliphatic carbocycles. The van der Waals surface area contributed by atoms with Crippen molar-refractivity contribution in [3.63, 3.8) is 0 Å². The summed E-state index contributed by atoms with van der Waals surface area (Å²) in [5.74, 6) is -1.04. The second-order valence-corrected chi connectivity index (χ2v) is 6.04. The van der Waals surface area contributed by atoms with Gasteiger partial charge in [0.1, 0.15) is 18.0 Å². The van der Waals surface area contributed by atoms with E-state index in [2.05, 4.69) is 5.32 Å². The summed E-state index contributed by atoms with van der Waals surface area (Å²) in [5, 5.41) is 2.61. The topological polar surface area (TPSA) is 77.4 Å². The van der Waals surface area contributed by atoms with Crippen LogP contribution in [-0.2, 0) is 6.61 Å². The first-order chi connectivity index (χ1) is 13.4. The second-order valence-electron chi connectivity index (χ2n) is 6.04. The van der Waals surface area contributed by atoms with E-state index in [-0.39, 0.29) is 23.8 Å². The van der Waals surface area contributed by atoms with Crippen LogP contribution < -0.4 is 15.7 Å². The maximum absolute atomic E-state index is 12.9. The molecule has 1 heterocycles. The number of hydrogen-bond donors (Lipinski definition) is 1. The molecule has 0 aliphatic heterocycles. The normalized spacial score (nSPS) is 10.4. The van der Waals surface area contributed by atoms with Gasteiger partial charge in [0.25, 0.3) is 11.5 Å². The number of amides is 1. The molecule has 0 fully saturated rings. The molecule has 0 saturated heterocycles. The van der Waals surface area contributed by atoms with Gasteiger partial charge in [-0.1, -0.05) is 12.1 Å². The second kappa shape index (κ2) is 8.30.